The Balaban J connectivity index is 1.99. The summed E-state index contributed by atoms with van der Waals surface area (Å²) in [6.07, 6.45) is 3.61. The Morgan fingerprint density at radius 1 is 1.18 bits per heavy atom. The lowest BCUT2D eigenvalue weighted by atomic mass is 9.85. The van der Waals surface area contributed by atoms with Crippen molar-refractivity contribution in [3.05, 3.63) is 48.0 Å². The van der Waals surface area contributed by atoms with Crippen LogP contribution in [-0.4, -0.2) is 11.9 Å². The number of carbonyl (C=O) groups excluding carboxylic acids is 1. The molecule has 0 N–H and O–H groups in total. The van der Waals surface area contributed by atoms with Gasteiger partial charge in [0.1, 0.15) is 0 Å². The molecule has 90 valence electrons. The number of rotatable bonds is 3. The molecule has 0 bridgehead atoms. The first-order valence-electron chi connectivity index (χ1n) is 6.06. The molecule has 2 heteroatoms. The summed E-state index contributed by atoms with van der Waals surface area (Å²) in [6.45, 7) is 4.61. The number of benzene rings is 1. The number of hydrogen-bond donors (Lipinski definition) is 0. The van der Waals surface area contributed by atoms with Crippen LogP contribution in [0.3, 0.4) is 0 Å². The average Bonchev–Trinajstić information content (AvgIpc) is 2.35. The van der Waals surface area contributed by atoms with Crippen LogP contribution in [0.1, 0.15) is 19.4 Å². The van der Waals surface area contributed by atoms with Crippen LogP contribution in [0.2, 0.25) is 0 Å². The molecule has 2 rings (SSSR count). The van der Waals surface area contributed by atoms with Crippen molar-refractivity contribution < 1.29 is 9.53 Å². The van der Waals surface area contributed by atoms with Crippen molar-refractivity contribution in [2.75, 3.05) is 0 Å². The highest BCUT2D eigenvalue weighted by Crippen LogP contribution is 2.25. The van der Waals surface area contributed by atoms with Crippen LogP contribution in [0, 0.1) is 11.8 Å². The van der Waals surface area contributed by atoms with Crippen LogP contribution >= 0.6 is 0 Å². The van der Waals surface area contributed by atoms with Gasteiger partial charge in [0.2, 0.25) is 0 Å². The third kappa shape index (κ3) is 2.83. The lowest BCUT2D eigenvalue weighted by molar-refractivity contribution is -0.125. The van der Waals surface area contributed by atoms with Gasteiger partial charge in [0, 0.05) is 11.8 Å². The van der Waals surface area contributed by atoms with E-state index in [1.165, 1.54) is 0 Å². The van der Waals surface area contributed by atoms with E-state index in [4.69, 9.17) is 4.74 Å². The van der Waals surface area contributed by atoms with Crippen molar-refractivity contribution in [3.8, 4) is 0 Å². The molecule has 0 saturated heterocycles. The molecule has 17 heavy (non-hydrogen) atoms. The van der Waals surface area contributed by atoms with Gasteiger partial charge in [0.05, 0.1) is 12.7 Å². The highest BCUT2D eigenvalue weighted by molar-refractivity contribution is 5.92. The molecule has 0 spiro atoms. The first-order chi connectivity index (χ1) is 8.18. The molecule has 0 fully saturated rings. The third-order valence-electron chi connectivity index (χ3n) is 3.31. The van der Waals surface area contributed by atoms with Crippen molar-refractivity contribution >= 4 is 5.78 Å². The number of ether oxygens (including phenoxy) is 1. The predicted molar refractivity (Wildman–Crippen MR) is 67.5 cm³/mol. The Morgan fingerprint density at radius 2 is 1.88 bits per heavy atom. The third-order valence-corrected chi connectivity index (χ3v) is 3.31. The topological polar surface area (TPSA) is 26.3 Å². The summed E-state index contributed by atoms with van der Waals surface area (Å²) in [5, 5.41) is 0. The Bertz CT molecular complexity index is 408. The fourth-order valence-electron chi connectivity index (χ4n) is 2.19. The van der Waals surface area contributed by atoms with Gasteiger partial charge >= 0.3 is 0 Å². The molecule has 2 nitrogen and oxygen atoms in total. The van der Waals surface area contributed by atoms with E-state index < -0.39 is 0 Å². The minimum Gasteiger partial charge on any atom is -0.372 e. The summed E-state index contributed by atoms with van der Waals surface area (Å²) >= 11 is 0. The number of allylic oxidation sites excluding steroid dienone is 1. The Labute approximate surface area is 102 Å². The zero-order valence-corrected chi connectivity index (χ0v) is 10.3. The molecule has 0 aromatic heterocycles. The van der Waals surface area contributed by atoms with E-state index in [0.29, 0.717) is 12.5 Å². The van der Waals surface area contributed by atoms with Crippen molar-refractivity contribution in [3.63, 3.8) is 0 Å². The molecule has 1 aromatic rings. The smallest absolute Gasteiger partial charge is 0.160 e. The van der Waals surface area contributed by atoms with Crippen molar-refractivity contribution in [2.24, 2.45) is 11.8 Å². The Hall–Kier alpha value is -1.41. The van der Waals surface area contributed by atoms with Gasteiger partial charge in [-0.25, -0.2) is 0 Å². The number of ketones is 1. The number of carbonyl (C=O) groups is 1. The van der Waals surface area contributed by atoms with Crippen molar-refractivity contribution in [1.82, 2.24) is 0 Å². The first kappa shape index (κ1) is 12.1. The predicted octanol–water partition coefficient (Wildman–Crippen LogP) is 2.98. The van der Waals surface area contributed by atoms with Gasteiger partial charge in [0.25, 0.3) is 0 Å². The highest BCUT2D eigenvalue weighted by Gasteiger charge is 2.30. The standard InChI is InChI=1S/C15H18O2/c1-11-8-9-14(16)12(2)15(11)17-10-13-6-4-3-5-7-13/h3-9,11-12,15H,10H2,1-2H3/t11-,12-,15+/m0/s1. The lowest BCUT2D eigenvalue weighted by Gasteiger charge is -2.29. The van der Waals surface area contributed by atoms with E-state index in [1.807, 2.05) is 43.3 Å². The normalized spacial score (nSPS) is 28.4. The maximum atomic E-state index is 11.6. The van der Waals surface area contributed by atoms with Gasteiger partial charge in [-0.15, -0.1) is 0 Å². The zero-order valence-electron chi connectivity index (χ0n) is 10.3. The molecule has 1 aliphatic carbocycles. The van der Waals surface area contributed by atoms with E-state index in [-0.39, 0.29) is 17.8 Å². The van der Waals surface area contributed by atoms with Crippen molar-refractivity contribution in [2.45, 2.75) is 26.6 Å². The second-order valence-corrected chi connectivity index (χ2v) is 4.67. The molecule has 1 aromatic carbocycles. The van der Waals surface area contributed by atoms with Crippen LogP contribution in [0.25, 0.3) is 0 Å². The van der Waals surface area contributed by atoms with E-state index in [2.05, 4.69) is 6.92 Å². The molecule has 0 unspecified atom stereocenters. The second-order valence-electron chi connectivity index (χ2n) is 4.67. The van der Waals surface area contributed by atoms with Crippen LogP contribution in [0.5, 0.6) is 0 Å². The van der Waals surface area contributed by atoms with E-state index in [0.717, 1.165) is 5.56 Å². The van der Waals surface area contributed by atoms with E-state index >= 15 is 0 Å². The maximum absolute atomic E-state index is 11.6. The Kier molecular flexibility index (Phi) is 3.75. The largest absolute Gasteiger partial charge is 0.372 e. The first-order valence-corrected chi connectivity index (χ1v) is 6.06. The quantitative estimate of drug-likeness (QED) is 0.798. The van der Waals surface area contributed by atoms with Crippen LogP contribution < -0.4 is 0 Å². The van der Waals surface area contributed by atoms with Gasteiger partial charge in [-0.3, -0.25) is 4.79 Å². The summed E-state index contributed by atoms with van der Waals surface area (Å²) in [7, 11) is 0. The fourth-order valence-corrected chi connectivity index (χ4v) is 2.19. The molecule has 0 aliphatic heterocycles. The molecular formula is C15H18O2. The summed E-state index contributed by atoms with van der Waals surface area (Å²) < 4.78 is 5.89. The molecule has 0 saturated carbocycles. The van der Waals surface area contributed by atoms with Crippen LogP contribution in [-0.2, 0) is 16.1 Å². The van der Waals surface area contributed by atoms with Crippen LogP contribution in [0.15, 0.2) is 42.5 Å². The average molecular weight is 230 g/mol. The summed E-state index contributed by atoms with van der Waals surface area (Å²) in [5.74, 6) is 0.422. The lowest BCUT2D eigenvalue weighted by Crippen LogP contribution is -2.35. The zero-order chi connectivity index (χ0) is 12.3. The molecule has 0 heterocycles. The Morgan fingerprint density at radius 3 is 2.59 bits per heavy atom. The van der Waals surface area contributed by atoms with Gasteiger partial charge in [-0.05, 0) is 11.6 Å². The SMILES string of the molecule is C[C@H]1C=CC(=O)[C@H](C)[C@@H]1OCc1ccccc1. The monoisotopic (exact) mass is 230 g/mol. The van der Waals surface area contributed by atoms with Crippen molar-refractivity contribution in [1.29, 1.82) is 0 Å². The minimum absolute atomic E-state index is 0.00675. The second kappa shape index (κ2) is 5.28. The van der Waals surface area contributed by atoms with Crippen LogP contribution in [0.4, 0.5) is 0 Å². The fraction of sp³-hybridized carbons (Fsp3) is 0.400. The molecule has 1 aliphatic rings. The summed E-state index contributed by atoms with van der Waals surface area (Å²) in [4.78, 5) is 11.6. The highest BCUT2D eigenvalue weighted by atomic mass is 16.5. The van der Waals surface area contributed by atoms with Gasteiger partial charge in [-0.1, -0.05) is 50.3 Å². The molecule has 0 amide bonds. The van der Waals surface area contributed by atoms with Gasteiger partial charge < -0.3 is 4.74 Å². The molecule has 0 radical (unpaired) electrons. The van der Waals surface area contributed by atoms with E-state index in [1.54, 1.807) is 6.08 Å². The van der Waals surface area contributed by atoms with E-state index in [9.17, 15) is 4.79 Å². The molecule has 3 atom stereocenters. The maximum Gasteiger partial charge on any atom is 0.160 e. The van der Waals surface area contributed by atoms with Gasteiger partial charge in [0.15, 0.2) is 5.78 Å². The minimum atomic E-state index is -0.0429. The summed E-state index contributed by atoms with van der Waals surface area (Å²) in [5.41, 5.74) is 1.15. The van der Waals surface area contributed by atoms with Gasteiger partial charge in [-0.2, -0.15) is 0 Å². The molecular weight excluding hydrogens is 212 g/mol. The summed E-state index contributed by atoms with van der Waals surface area (Å²) in [6, 6.07) is 10.1. The number of hydrogen-bond acceptors (Lipinski definition) is 2.